The number of aromatic nitrogens is 4. The zero-order valence-electron chi connectivity index (χ0n) is 30.2. The maximum absolute atomic E-state index is 5.14. The van der Waals surface area contributed by atoms with Crippen molar-refractivity contribution in [3.05, 3.63) is 194 Å². The Hall–Kier alpha value is -7.30. The van der Waals surface area contributed by atoms with E-state index >= 15 is 0 Å². The quantitative estimate of drug-likeness (QED) is 0.162. The van der Waals surface area contributed by atoms with E-state index in [2.05, 4.69) is 134 Å². The Morgan fingerprint density at radius 1 is 0.291 bits per heavy atom. The Morgan fingerprint density at radius 3 is 1.42 bits per heavy atom. The van der Waals surface area contributed by atoms with E-state index in [0.717, 1.165) is 61.3 Å². The first-order valence-electron chi connectivity index (χ1n) is 18.6. The van der Waals surface area contributed by atoms with Gasteiger partial charge in [-0.25, -0.2) is 15.0 Å². The first kappa shape index (κ1) is 32.4. The van der Waals surface area contributed by atoms with Gasteiger partial charge < -0.3 is 0 Å². The molecule has 8 aromatic carbocycles. The number of hydrogen-bond acceptors (Lipinski definition) is 4. The average Bonchev–Trinajstić information content (AvgIpc) is 3.26. The van der Waals surface area contributed by atoms with Crippen molar-refractivity contribution >= 4 is 32.3 Å². The molecule has 2 aromatic heterocycles. The van der Waals surface area contributed by atoms with Crippen LogP contribution in [0.15, 0.2) is 188 Å². The summed E-state index contributed by atoms with van der Waals surface area (Å²) in [6, 6.07) is 66.0. The topological polar surface area (TPSA) is 51.6 Å². The summed E-state index contributed by atoms with van der Waals surface area (Å²) in [7, 11) is 0. The first-order valence-corrected chi connectivity index (χ1v) is 18.6. The fraction of sp³-hybridized carbons (Fsp3) is 0.0196. The number of rotatable bonds is 6. The first-order chi connectivity index (χ1) is 27.1. The Kier molecular flexibility index (Phi) is 8.00. The highest BCUT2D eigenvalue weighted by Gasteiger charge is 2.17. The van der Waals surface area contributed by atoms with E-state index in [0.29, 0.717) is 17.5 Å². The molecule has 0 saturated heterocycles. The van der Waals surface area contributed by atoms with Crippen LogP contribution in [0, 0.1) is 6.92 Å². The molecule has 2 heterocycles. The van der Waals surface area contributed by atoms with Crippen LogP contribution in [0.2, 0.25) is 0 Å². The van der Waals surface area contributed by atoms with Crippen molar-refractivity contribution in [1.29, 1.82) is 0 Å². The van der Waals surface area contributed by atoms with E-state index in [1.54, 1.807) is 0 Å². The van der Waals surface area contributed by atoms with Gasteiger partial charge in [-0.2, -0.15) is 0 Å². The molecule has 0 unspecified atom stereocenters. The van der Waals surface area contributed by atoms with Crippen molar-refractivity contribution in [3.8, 4) is 67.7 Å². The summed E-state index contributed by atoms with van der Waals surface area (Å²) in [4.78, 5) is 20.2. The van der Waals surface area contributed by atoms with Crippen LogP contribution < -0.4 is 0 Å². The van der Waals surface area contributed by atoms with Gasteiger partial charge in [0.1, 0.15) is 0 Å². The smallest absolute Gasteiger partial charge is 0.164 e. The molecule has 0 radical (unpaired) electrons. The monoisotopic (exact) mass is 702 g/mol. The van der Waals surface area contributed by atoms with Gasteiger partial charge in [-0.05, 0) is 86.4 Å². The highest BCUT2D eigenvalue weighted by Crippen LogP contribution is 2.39. The van der Waals surface area contributed by atoms with Crippen LogP contribution in [0.3, 0.4) is 0 Å². The molecule has 0 aliphatic rings. The Bertz CT molecular complexity index is 2970. The van der Waals surface area contributed by atoms with E-state index in [1.807, 2.05) is 60.7 Å². The Morgan fingerprint density at radius 2 is 0.764 bits per heavy atom. The fourth-order valence-corrected chi connectivity index (χ4v) is 7.68. The normalized spacial score (nSPS) is 11.4. The largest absolute Gasteiger partial charge is 0.252 e. The maximum atomic E-state index is 5.14. The second kappa shape index (κ2) is 13.6. The van der Waals surface area contributed by atoms with Gasteiger partial charge in [0.05, 0.1) is 5.69 Å². The second-order valence-electron chi connectivity index (χ2n) is 13.9. The lowest BCUT2D eigenvalue weighted by Gasteiger charge is -2.15. The van der Waals surface area contributed by atoms with Crippen LogP contribution in [0.4, 0.5) is 0 Å². The minimum atomic E-state index is 0.618. The zero-order chi connectivity index (χ0) is 36.7. The molecule has 0 saturated carbocycles. The average molecular weight is 703 g/mol. The molecule has 10 aromatic rings. The van der Waals surface area contributed by atoms with Crippen LogP contribution in [-0.2, 0) is 0 Å². The van der Waals surface area contributed by atoms with Gasteiger partial charge in [-0.3, -0.25) is 4.98 Å². The van der Waals surface area contributed by atoms with Crippen LogP contribution in [0.5, 0.6) is 0 Å². The lowest BCUT2D eigenvalue weighted by Crippen LogP contribution is -2.00. The highest BCUT2D eigenvalue weighted by atomic mass is 15.0. The maximum Gasteiger partial charge on any atom is 0.164 e. The van der Waals surface area contributed by atoms with Gasteiger partial charge in [-0.1, -0.05) is 158 Å². The number of hydrogen-bond donors (Lipinski definition) is 0. The number of fused-ring (bicyclic) bond motifs is 4. The van der Waals surface area contributed by atoms with Gasteiger partial charge in [0.15, 0.2) is 17.5 Å². The molecule has 55 heavy (non-hydrogen) atoms. The summed E-state index contributed by atoms with van der Waals surface area (Å²) in [6.07, 6.45) is 0. The third kappa shape index (κ3) is 6.10. The summed E-state index contributed by atoms with van der Waals surface area (Å²) >= 11 is 0. The Labute approximate surface area is 319 Å². The van der Waals surface area contributed by atoms with Gasteiger partial charge in [0, 0.05) is 33.3 Å². The minimum Gasteiger partial charge on any atom is -0.252 e. The van der Waals surface area contributed by atoms with Gasteiger partial charge in [0.2, 0.25) is 0 Å². The molecule has 10 rings (SSSR count). The van der Waals surface area contributed by atoms with Crippen molar-refractivity contribution in [3.63, 3.8) is 0 Å². The Balaban J connectivity index is 1.20. The van der Waals surface area contributed by atoms with Gasteiger partial charge >= 0.3 is 0 Å². The molecule has 258 valence electrons. The third-order valence-electron chi connectivity index (χ3n) is 10.3. The molecule has 0 atom stereocenters. The van der Waals surface area contributed by atoms with E-state index in [9.17, 15) is 0 Å². The van der Waals surface area contributed by atoms with Crippen molar-refractivity contribution in [2.24, 2.45) is 0 Å². The molecule has 0 amide bonds. The van der Waals surface area contributed by atoms with Crippen molar-refractivity contribution in [2.75, 3.05) is 0 Å². The number of aryl methyl sites for hydroxylation is 1. The van der Waals surface area contributed by atoms with Crippen molar-refractivity contribution in [2.45, 2.75) is 6.92 Å². The third-order valence-corrected chi connectivity index (χ3v) is 10.3. The second-order valence-corrected chi connectivity index (χ2v) is 13.9. The predicted molar refractivity (Wildman–Crippen MR) is 227 cm³/mol. The molecule has 0 fully saturated rings. The fourth-order valence-electron chi connectivity index (χ4n) is 7.68. The van der Waals surface area contributed by atoms with Gasteiger partial charge in [-0.15, -0.1) is 0 Å². The molecule has 0 spiro atoms. The van der Waals surface area contributed by atoms with E-state index < -0.39 is 0 Å². The number of nitrogens with zero attached hydrogens (tertiary/aromatic N) is 4. The number of pyridine rings is 1. The lowest BCUT2D eigenvalue weighted by molar-refractivity contribution is 1.07. The molecule has 0 N–H and O–H groups in total. The highest BCUT2D eigenvalue weighted by molar-refractivity contribution is 6.14. The standard InChI is InChI=1S/C51H34N4/c1-33-28-38-18-9-11-21-44(38)48(52-33)35-26-24-34(25-27-35)40-29-41(47-32-39-19-8-10-20-43(39)45-22-12-13-23-46(45)47)31-42(30-40)51-54-49(36-14-4-2-5-15-36)53-50(55-51)37-16-6-3-7-17-37/h2-32H,1H3. The SMILES string of the molecule is Cc1cc2ccccc2c(-c2ccc(-c3cc(-c4nc(-c5ccccc5)nc(-c5ccccc5)n4)cc(-c4cc5ccccc5c5ccccc45)c3)cc2)n1. The molecule has 0 aliphatic carbocycles. The predicted octanol–water partition coefficient (Wildman–Crippen LogP) is 13.0. The summed E-state index contributed by atoms with van der Waals surface area (Å²) in [6.45, 7) is 2.06. The van der Waals surface area contributed by atoms with Crippen LogP contribution in [-0.4, -0.2) is 19.9 Å². The van der Waals surface area contributed by atoms with Crippen LogP contribution in [0.25, 0.3) is 100.0 Å². The van der Waals surface area contributed by atoms with E-state index in [-0.39, 0.29) is 0 Å². The summed E-state index contributed by atoms with van der Waals surface area (Å²) in [5.41, 5.74) is 10.3. The van der Waals surface area contributed by atoms with Crippen molar-refractivity contribution in [1.82, 2.24) is 19.9 Å². The molecular formula is C51H34N4. The minimum absolute atomic E-state index is 0.618. The summed E-state index contributed by atoms with van der Waals surface area (Å²) in [5.74, 6) is 1.89. The van der Waals surface area contributed by atoms with Crippen LogP contribution >= 0.6 is 0 Å². The van der Waals surface area contributed by atoms with Gasteiger partial charge in [0.25, 0.3) is 0 Å². The van der Waals surface area contributed by atoms with E-state index in [1.165, 1.54) is 26.9 Å². The molecule has 0 bridgehead atoms. The molecule has 4 nitrogen and oxygen atoms in total. The lowest BCUT2D eigenvalue weighted by atomic mass is 9.90. The molecule has 0 aliphatic heterocycles. The summed E-state index contributed by atoms with van der Waals surface area (Å²) in [5, 5.41) is 7.19. The molecule has 4 heteroatoms. The number of benzene rings is 8. The van der Waals surface area contributed by atoms with Crippen molar-refractivity contribution < 1.29 is 0 Å². The zero-order valence-corrected chi connectivity index (χ0v) is 30.2. The van der Waals surface area contributed by atoms with E-state index in [4.69, 9.17) is 19.9 Å². The van der Waals surface area contributed by atoms with Crippen LogP contribution in [0.1, 0.15) is 5.69 Å². The molecular weight excluding hydrogens is 669 g/mol. The summed E-state index contributed by atoms with van der Waals surface area (Å²) < 4.78 is 0.